The summed E-state index contributed by atoms with van der Waals surface area (Å²) in [5.74, 6) is 0.647. The summed E-state index contributed by atoms with van der Waals surface area (Å²) in [6.45, 7) is 7.00. The van der Waals surface area contributed by atoms with Crippen LogP contribution in [0.1, 0.15) is 29.9 Å². The normalized spacial score (nSPS) is 16.8. The topological polar surface area (TPSA) is 87.2 Å². The average Bonchev–Trinajstić information content (AvgIpc) is 3.12. The molecule has 1 aliphatic heterocycles. The Bertz CT molecular complexity index is 667. The Hall–Kier alpha value is -2.48. The Morgan fingerprint density at radius 2 is 2.04 bits per heavy atom. The van der Waals surface area contributed by atoms with Gasteiger partial charge in [0.25, 0.3) is 0 Å². The van der Waals surface area contributed by atoms with E-state index >= 15 is 0 Å². The minimum Gasteiger partial charge on any atom is -0.450 e. The maximum absolute atomic E-state index is 11.9. The summed E-state index contributed by atoms with van der Waals surface area (Å²) >= 11 is 0. The molecule has 1 amide bonds. The average molecular weight is 330 g/mol. The summed E-state index contributed by atoms with van der Waals surface area (Å²) in [6, 6.07) is 8.13. The number of benzene rings is 1. The number of nitrogens with zero attached hydrogens (tertiary/aromatic N) is 5. The van der Waals surface area contributed by atoms with Crippen LogP contribution >= 0.6 is 0 Å². The molecule has 0 spiro atoms. The van der Waals surface area contributed by atoms with Gasteiger partial charge in [0.1, 0.15) is 0 Å². The molecule has 3 rings (SSSR count). The second kappa shape index (κ2) is 7.39. The second-order valence-corrected chi connectivity index (χ2v) is 5.75. The molecule has 1 N–H and O–H groups in total. The fourth-order valence-corrected chi connectivity index (χ4v) is 3.06. The van der Waals surface area contributed by atoms with E-state index < -0.39 is 0 Å². The molecule has 2 aromatic rings. The van der Waals surface area contributed by atoms with Crippen molar-refractivity contribution < 1.29 is 9.53 Å². The molecule has 0 saturated carbocycles. The summed E-state index contributed by atoms with van der Waals surface area (Å²) in [5.41, 5.74) is 2.34. The number of tetrazole rings is 1. The van der Waals surface area contributed by atoms with Crippen LogP contribution in [0.15, 0.2) is 24.3 Å². The van der Waals surface area contributed by atoms with Crippen molar-refractivity contribution in [3.05, 3.63) is 41.2 Å². The van der Waals surface area contributed by atoms with Crippen molar-refractivity contribution in [2.75, 3.05) is 32.8 Å². The van der Waals surface area contributed by atoms with E-state index in [4.69, 9.17) is 4.74 Å². The van der Waals surface area contributed by atoms with Gasteiger partial charge in [0.15, 0.2) is 5.82 Å². The van der Waals surface area contributed by atoms with Crippen LogP contribution in [0, 0.1) is 6.92 Å². The van der Waals surface area contributed by atoms with Crippen LogP contribution in [-0.4, -0.2) is 69.3 Å². The van der Waals surface area contributed by atoms with Crippen LogP contribution in [0.2, 0.25) is 0 Å². The molecule has 0 aliphatic carbocycles. The molecular weight excluding hydrogens is 308 g/mol. The predicted molar refractivity (Wildman–Crippen MR) is 87.4 cm³/mol. The Morgan fingerprint density at radius 3 is 2.67 bits per heavy atom. The third-order valence-electron chi connectivity index (χ3n) is 4.29. The molecule has 2 heterocycles. The van der Waals surface area contributed by atoms with Crippen molar-refractivity contribution in [1.82, 2.24) is 30.4 Å². The third kappa shape index (κ3) is 3.38. The highest BCUT2D eigenvalue weighted by Gasteiger charge is 2.31. The van der Waals surface area contributed by atoms with Gasteiger partial charge in [-0.05, 0) is 25.0 Å². The van der Waals surface area contributed by atoms with Gasteiger partial charge in [-0.3, -0.25) is 4.90 Å². The number of hydrogen-bond acceptors (Lipinski definition) is 6. The molecule has 1 aromatic carbocycles. The first-order valence-electron chi connectivity index (χ1n) is 8.15. The molecule has 1 aromatic heterocycles. The third-order valence-corrected chi connectivity index (χ3v) is 4.29. The summed E-state index contributed by atoms with van der Waals surface area (Å²) < 4.78 is 5.08. The summed E-state index contributed by atoms with van der Waals surface area (Å²) in [5, 5.41) is 14.7. The molecule has 1 saturated heterocycles. The predicted octanol–water partition coefficient (Wildman–Crippen LogP) is 1.37. The number of piperazine rings is 1. The quantitative estimate of drug-likeness (QED) is 0.911. The Balaban J connectivity index is 1.79. The highest BCUT2D eigenvalue weighted by molar-refractivity contribution is 5.67. The van der Waals surface area contributed by atoms with Crippen molar-refractivity contribution in [2.24, 2.45) is 0 Å². The molecule has 8 nitrogen and oxygen atoms in total. The summed E-state index contributed by atoms with van der Waals surface area (Å²) in [4.78, 5) is 15.9. The van der Waals surface area contributed by atoms with Gasteiger partial charge >= 0.3 is 6.09 Å². The van der Waals surface area contributed by atoms with Gasteiger partial charge in [-0.2, -0.15) is 5.21 Å². The highest BCUT2D eigenvalue weighted by atomic mass is 16.6. The van der Waals surface area contributed by atoms with Crippen LogP contribution in [0.4, 0.5) is 4.79 Å². The molecule has 1 aliphatic rings. The lowest BCUT2D eigenvalue weighted by molar-refractivity contribution is 0.0703. The number of carbonyl (C=O) groups excluding carboxylic acids is 1. The minimum absolute atomic E-state index is 0.0747. The molecule has 0 radical (unpaired) electrons. The number of aromatic amines is 1. The largest absolute Gasteiger partial charge is 0.450 e. The minimum atomic E-state index is -0.246. The van der Waals surface area contributed by atoms with Gasteiger partial charge in [-0.1, -0.05) is 29.5 Å². The molecule has 1 atom stereocenters. The number of rotatable bonds is 4. The first-order chi connectivity index (χ1) is 11.7. The first-order valence-corrected chi connectivity index (χ1v) is 8.15. The van der Waals surface area contributed by atoms with Gasteiger partial charge in [-0.25, -0.2) is 4.79 Å². The van der Waals surface area contributed by atoms with Crippen molar-refractivity contribution in [3.63, 3.8) is 0 Å². The van der Waals surface area contributed by atoms with E-state index in [0.717, 1.165) is 18.7 Å². The summed E-state index contributed by atoms with van der Waals surface area (Å²) in [7, 11) is 0. The molecular formula is C16H22N6O2. The highest BCUT2D eigenvalue weighted by Crippen LogP contribution is 2.29. The van der Waals surface area contributed by atoms with E-state index in [1.54, 1.807) is 4.90 Å². The Morgan fingerprint density at radius 1 is 1.29 bits per heavy atom. The molecule has 1 fully saturated rings. The number of nitrogens with one attached hydrogen (secondary N) is 1. The number of amides is 1. The Labute approximate surface area is 140 Å². The number of aryl methyl sites for hydroxylation is 1. The van der Waals surface area contributed by atoms with Gasteiger partial charge in [0.2, 0.25) is 0 Å². The van der Waals surface area contributed by atoms with Crippen LogP contribution in [-0.2, 0) is 4.74 Å². The van der Waals surface area contributed by atoms with Crippen molar-refractivity contribution in [3.8, 4) is 0 Å². The number of carbonyl (C=O) groups is 1. The smallest absolute Gasteiger partial charge is 0.409 e. The van der Waals surface area contributed by atoms with Crippen molar-refractivity contribution in [1.29, 1.82) is 0 Å². The van der Waals surface area contributed by atoms with Crippen LogP contribution in [0.25, 0.3) is 0 Å². The van der Waals surface area contributed by atoms with E-state index in [-0.39, 0.29) is 12.1 Å². The molecule has 1 unspecified atom stereocenters. The fourth-order valence-electron chi connectivity index (χ4n) is 3.06. The van der Waals surface area contributed by atoms with Crippen LogP contribution in [0.3, 0.4) is 0 Å². The molecule has 128 valence electrons. The first kappa shape index (κ1) is 16.4. The van der Waals surface area contributed by atoms with Crippen LogP contribution < -0.4 is 0 Å². The van der Waals surface area contributed by atoms with Crippen molar-refractivity contribution in [2.45, 2.75) is 19.9 Å². The lowest BCUT2D eigenvalue weighted by Crippen LogP contribution is -2.50. The zero-order valence-corrected chi connectivity index (χ0v) is 14.0. The summed E-state index contributed by atoms with van der Waals surface area (Å²) in [6.07, 6.45) is -0.246. The van der Waals surface area contributed by atoms with Gasteiger partial charge in [0, 0.05) is 26.2 Å². The number of aromatic nitrogens is 4. The van der Waals surface area contributed by atoms with Crippen LogP contribution in [0.5, 0.6) is 0 Å². The zero-order chi connectivity index (χ0) is 16.9. The zero-order valence-electron chi connectivity index (χ0n) is 14.0. The van der Waals surface area contributed by atoms with Gasteiger partial charge < -0.3 is 9.64 Å². The van der Waals surface area contributed by atoms with Crippen molar-refractivity contribution >= 4 is 6.09 Å². The van der Waals surface area contributed by atoms with E-state index in [1.807, 2.05) is 19.1 Å². The Kier molecular flexibility index (Phi) is 5.05. The lowest BCUT2D eigenvalue weighted by atomic mass is 9.98. The number of H-pyrrole nitrogens is 1. The van der Waals surface area contributed by atoms with E-state index in [2.05, 4.69) is 44.6 Å². The standard InChI is InChI=1S/C16H22N6O2/c1-3-24-16(23)22-10-8-21(9-11-22)14(15-17-19-20-18-15)13-7-5-4-6-12(13)2/h4-7,14H,3,8-11H2,1-2H3,(H,17,18,19,20). The monoisotopic (exact) mass is 330 g/mol. The van der Waals surface area contributed by atoms with Gasteiger partial charge in [0.05, 0.1) is 12.6 Å². The molecule has 24 heavy (non-hydrogen) atoms. The molecule has 8 heteroatoms. The second-order valence-electron chi connectivity index (χ2n) is 5.75. The SMILES string of the molecule is CCOC(=O)N1CCN(C(c2nn[nH]n2)c2ccccc2C)CC1. The fraction of sp³-hybridized carbons (Fsp3) is 0.500. The van der Waals surface area contributed by atoms with E-state index in [9.17, 15) is 4.79 Å². The molecule has 0 bridgehead atoms. The number of hydrogen-bond donors (Lipinski definition) is 1. The lowest BCUT2D eigenvalue weighted by Gasteiger charge is -2.38. The maximum Gasteiger partial charge on any atom is 0.409 e. The van der Waals surface area contributed by atoms with E-state index in [0.29, 0.717) is 25.5 Å². The van der Waals surface area contributed by atoms with Gasteiger partial charge in [-0.15, -0.1) is 10.2 Å². The maximum atomic E-state index is 11.9. The number of ether oxygens (including phenoxy) is 1. The van der Waals surface area contributed by atoms with E-state index in [1.165, 1.54) is 5.56 Å².